The number of anilines is 2. The van der Waals surface area contributed by atoms with E-state index in [1.807, 2.05) is 0 Å². The highest BCUT2D eigenvalue weighted by molar-refractivity contribution is 5.66. The smallest absolute Gasteiger partial charge is 0.151 e. The quantitative estimate of drug-likeness (QED) is 0.501. The minimum Gasteiger partial charge on any atom is -0.508 e. The summed E-state index contributed by atoms with van der Waals surface area (Å²) in [7, 11) is 0. The third-order valence-corrected chi connectivity index (χ3v) is 2.68. The molecule has 5 nitrogen and oxygen atoms in total. The lowest BCUT2D eigenvalue weighted by Crippen LogP contribution is -2.27. The molecular formula is C13H13FN2O3. The lowest BCUT2D eigenvalue weighted by molar-refractivity contribution is 0.281. The minimum absolute atomic E-state index is 0.0209. The number of nitrogens with two attached hydrogens (primary N) is 1. The van der Waals surface area contributed by atoms with Crippen LogP contribution in [0.15, 0.2) is 36.4 Å². The molecular weight excluding hydrogens is 251 g/mol. The fraction of sp³-hybridized carbons (Fsp3) is 0.0769. The molecule has 0 aliphatic heterocycles. The van der Waals surface area contributed by atoms with E-state index in [9.17, 15) is 14.6 Å². The Hall–Kier alpha value is -2.31. The van der Waals surface area contributed by atoms with Crippen LogP contribution in [0.3, 0.4) is 0 Å². The van der Waals surface area contributed by atoms with Crippen LogP contribution in [0, 0.1) is 5.82 Å². The van der Waals surface area contributed by atoms with Gasteiger partial charge in [-0.25, -0.2) is 10.2 Å². The topological polar surface area (TPSA) is 90.0 Å². The fourth-order valence-corrected chi connectivity index (χ4v) is 1.75. The number of phenols is 2. The molecule has 2 rings (SSSR count). The first-order valence-electron chi connectivity index (χ1n) is 5.49. The number of aliphatic hydroxyl groups excluding tert-OH is 1. The van der Waals surface area contributed by atoms with E-state index in [1.54, 1.807) is 0 Å². The van der Waals surface area contributed by atoms with E-state index in [-0.39, 0.29) is 23.8 Å². The zero-order valence-electron chi connectivity index (χ0n) is 9.92. The summed E-state index contributed by atoms with van der Waals surface area (Å²) in [5.41, 5.74) is 0.748. The van der Waals surface area contributed by atoms with Crippen molar-refractivity contribution in [3.8, 4) is 11.5 Å². The van der Waals surface area contributed by atoms with E-state index in [1.165, 1.54) is 30.3 Å². The SMILES string of the molecule is NN(c1ccc(O)cc1F)c1ccc(O)cc1CO. The third-order valence-electron chi connectivity index (χ3n) is 2.68. The molecule has 2 aromatic rings. The molecule has 0 fully saturated rings. The maximum Gasteiger partial charge on any atom is 0.151 e. The van der Waals surface area contributed by atoms with Gasteiger partial charge in [-0.15, -0.1) is 0 Å². The number of phenolic OH excluding ortho intramolecular Hbond substituents is 2. The lowest BCUT2D eigenvalue weighted by Gasteiger charge is -2.22. The average molecular weight is 264 g/mol. The summed E-state index contributed by atoms with van der Waals surface area (Å²) in [6.07, 6.45) is 0. The number of rotatable bonds is 3. The Bertz CT molecular complexity index is 604. The standard InChI is InChI=1S/C13H13FN2O3/c14-11-6-10(19)2-4-13(11)16(15)12-3-1-9(18)5-8(12)7-17/h1-6,17-19H,7,15H2. The molecule has 0 atom stereocenters. The molecule has 0 unspecified atom stereocenters. The number of hydrazine groups is 1. The van der Waals surface area contributed by atoms with E-state index in [0.717, 1.165) is 11.1 Å². The Balaban J connectivity index is 2.46. The van der Waals surface area contributed by atoms with Crippen LogP contribution in [0.4, 0.5) is 15.8 Å². The maximum absolute atomic E-state index is 13.7. The number of halogens is 1. The Labute approximate surface area is 108 Å². The van der Waals surface area contributed by atoms with Crippen LogP contribution in [0.1, 0.15) is 5.56 Å². The van der Waals surface area contributed by atoms with Gasteiger partial charge in [0.15, 0.2) is 5.82 Å². The highest BCUT2D eigenvalue weighted by Gasteiger charge is 2.14. The number of hydrogen-bond acceptors (Lipinski definition) is 5. The Morgan fingerprint density at radius 1 is 1.00 bits per heavy atom. The summed E-state index contributed by atoms with van der Waals surface area (Å²) >= 11 is 0. The van der Waals surface area contributed by atoms with Gasteiger partial charge in [-0.05, 0) is 30.3 Å². The summed E-state index contributed by atoms with van der Waals surface area (Å²) in [5.74, 6) is 4.89. The van der Waals surface area contributed by atoms with Crippen LogP contribution < -0.4 is 10.9 Å². The molecule has 0 saturated heterocycles. The minimum atomic E-state index is -0.695. The van der Waals surface area contributed by atoms with Crippen LogP contribution >= 0.6 is 0 Å². The molecule has 6 heteroatoms. The fourth-order valence-electron chi connectivity index (χ4n) is 1.75. The monoisotopic (exact) mass is 264 g/mol. The number of benzene rings is 2. The van der Waals surface area contributed by atoms with Gasteiger partial charge in [0.05, 0.1) is 18.0 Å². The Morgan fingerprint density at radius 2 is 1.58 bits per heavy atom. The molecule has 0 saturated carbocycles. The largest absolute Gasteiger partial charge is 0.508 e. The summed E-state index contributed by atoms with van der Waals surface area (Å²) < 4.78 is 13.7. The molecule has 0 spiro atoms. The van der Waals surface area contributed by atoms with Crippen molar-refractivity contribution in [1.82, 2.24) is 0 Å². The number of nitrogens with zero attached hydrogens (tertiary/aromatic N) is 1. The van der Waals surface area contributed by atoms with Gasteiger partial charge in [0.2, 0.25) is 0 Å². The van der Waals surface area contributed by atoms with E-state index >= 15 is 0 Å². The highest BCUT2D eigenvalue weighted by atomic mass is 19.1. The van der Waals surface area contributed by atoms with Crippen molar-refractivity contribution < 1.29 is 19.7 Å². The van der Waals surface area contributed by atoms with Crippen molar-refractivity contribution >= 4 is 11.4 Å². The first-order valence-corrected chi connectivity index (χ1v) is 5.49. The molecule has 19 heavy (non-hydrogen) atoms. The average Bonchev–Trinajstić information content (AvgIpc) is 2.37. The van der Waals surface area contributed by atoms with Crippen LogP contribution in [0.5, 0.6) is 11.5 Å². The molecule has 5 N–H and O–H groups in total. The van der Waals surface area contributed by atoms with Crippen LogP contribution in [-0.4, -0.2) is 15.3 Å². The van der Waals surface area contributed by atoms with Crippen LogP contribution in [0.25, 0.3) is 0 Å². The maximum atomic E-state index is 13.7. The van der Waals surface area contributed by atoms with Crippen molar-refractivity contribution in [2.45, 2.75) is 6.61 Å². The Morgan fingerprint density at radius 3 is 2.16 bits per heavy atom. The van der Waals surface area contributed by atoms with Crippen molar-refractivity contribution in [3.05, 3.63) is 47.8 Å². The van der Waals surface area contributed by atoms with Crippen LogP contribution in [-0.2, 0) is 6.61 Å². The zero-order chi connectivity index (χ0) is 14.0. The molecule has 0 aromatic heterocycles. The van der Waals surface area contributed by atoms with E-state index in [0.29, 0.717) is 11.3 Å². The normalized spacial score (nSPS) is 10.5. The van der Waals surface area contributed by atoms with Crippen LogP contribution in [0.2, 0.25) is 0 Å². The first kappa shape index (κ1) is 13.1. The van der Waals surface area contributed by atoms with Crippen molar-refractivity contribution in [2.24, 2.45) is 5.84 Å². The van der Waals surface area contributed by atoms with Gasteiger partial charge in [0, 0.05) is 11.6 Å². The highest BCUT2D eigenvalue weighted by Crippen LogP contribution is 2.31. The van der Waals surface area contributed by atoms with Gasteiger partial charge in [-0.1, -0.05) is 0 Å². The van der Waals surface area contributed by atoms with Crippen molar-refractivity contribution in [1.29, 1.82) is 0 Å². The molecule has 0 bridgehead atoms. The summed E-state index contributed by atoms with van der Waals surface area (Å²) in [6, 6.07) is 7.75. The number of aromatic hydroxyl groups is 2. The predicted molar refractivity (Wildman–Crippen MR) is 68.4 cm³/mol. The predicted octanol–water partition coefficient (Wildman–Crippen LogP) is 1.74. The van der Waals surface area contributed by atoms with E-state index in [4.69, 9.17) is 10.9 Å². The van der Waals surface area contributed by atoms with Gasteiger partial charge < -0.3 is 15.3 Å². The van der Waals surface area contributed by atoms with Gasteiger partial charge in [-0.3, -0.25) is 5.01 Å². The van der Waals surface area contributed by atoms with Crippen molar-refractivity contribution in [3.63, 3.8) is 0 Å². The van der Waals surface area contributed by atoms with E-state index < -0.39 is 5.82 Å². The van der Waals surface area contributed by atoms with Gasteiger partial charge in [0.25, 0.3) is 0 Å². The molecule has 0 amide bonds. The zero-order valence-corrected chi connectivity index (χ0v) is 9.92. The molecule has 2 aromatic carbocycles. The molecule has 100 valence electrons. The molecule has 0 aliphatic carbocycles. The number of aliphatic hydroxyl groups is 1. The van der Waals surface area contributed by atoms with Gasteiger partial charge in [-0.2, -0.15) is 0 Å². The first-order chi connectivity index (χ1) is 9.02. The summed E-state index contributed by atoms with van der Waals surface area (Å²) in [4.78, 5) is 0. The molecule has 0 heterocycles. The van der Waals surface area contributed by atoms with Crippen molar-refractivity contribution in [2.75, 3.05) is 5.01 Å². The summed E-state index contributed by atoms with van der Waals surface area (Å²) in [6.45, 7) is -0.350. The van der Waals surface area contributed by atoms with Gasteiger partial charge >= 0.3 is 0 Å². The third kappa shape index (κ3) is 2.59. The summed E-state index contributed by atoms with van der Waals surface area (Å²) in [5, 5.41) is 28.8. The van der Waals surface area contributed by atoms with Gasteiger partial charge in [0.1, 0.15) is 11.5 Å². The second kappa shape index (κ2) is 5.13. The van der Waals surface area contributed by atoms with E-state index in [2.05, 4.69) is 0 Å². The second-order valence-corrected chi connectivity index (χ2v) is 3.98. The molecule has 0 aliphatic rings. The lowest BCUT2D eigenvalue weighted by atomic mass is 10.1. The number of hydrogen-bond donors (Lipinski definition) is 4. The Kier molecular flexibility index (Phi) is 3.55. The second-order valence-electron chi connectivity index (χ2n) is 3.98. The molecule has 0 radical (unpaired) electrons.